The third kappa shape index (κ3) is 19.9. The molecule has 0 spiro atoms. The molecule has 1 saturated heterocycles. The van der Waals surface area contributed by atoms with E-state index < -0.39 is 49.5 Å². The highest BCUT2D eigenvalue weighted by atomic mass is 16.7. The number of nitrogens with one attached hydrogen (secondary N) is 1. The first-order valence-electron chi connectivity index (χ1n) is 18.2. The average Bonchev–Trinajstić information content (AvgIpc) is 3.05. The predicted molar refractivity (Wildman–Crippen MR) is 184 cm³/mol. The summed E-state index contributed by atoms with van der Waals surface area (Å²) in [6, 6.07) is -0.820. The molecule has 1 fully saturated rings. The van der Waals surface area contributed by atoms with Crippen LogP contribution in [0.5, 0.6) is 0 Å². The number of amides is 1. The number of hydrogen-bond donors (Lipinski definition) is 6. The largest absolute Gasteiger partial charge is 0.394 e. The molecule has 1 heterocycles. The number of aliphatic hydroxyl groups excluding tert-OH is 5. The molecule has 0 aromatic rings. The van der Waals surface area contributed by atoms with Gasteiger partial charge in [0.05, 0.1) is 25.4 Å². The first kappa shape index (κ1) is 42.4. The molecule has 0 radical (unpaired) electrons. The van der Waals surface area contributed by atoms with Crippen LogP contribution in [-0.4, -0.2) is 87.5 Å². The summed E-state index contributed by atoms with van der Waals surface area (Å²) in [5, 5.41) is 53.0. The van der Waals surface area contributed by atoms with Gasteiger partial charge in [0.1, 0.15) is 24.4 Å². The monoisotopic (exact) mass is 653 g/mol. The first-order chi connectivity index (χ1) is 22.3. The summed E-state index contributed by atoms with van der Waals surface area (Å²) in [4.78, 5) is 12.2. The van der Waals surface area contributed by atoms with E-state index in [1.165, 1.54) is 83.5 Å². The van der Waals surface area contributed by atoms with E-state index in [0.29, 0.717) is 6.42 Å². The van der Waals surface area contributed by atoms with Crippen molar-refractivity contribution < 1.29 is 39.8 Å². The highest BCUT2D eigenvalue weighted by molar-refractivity contribution is 5.76. The normalized spacial score (nSPS) is 23.5. The zero-order valence-corrected chi connectivity index (χ0v) is 28.8. The van der Waals surface area contributed by atoms with Crippen LogP contribution >= 0.6 is 0 Å². The van der Waals surface area contributed by atoms with Crippen molar-refractivity contribution in [3.63, 3.8) is 0 Å². The molecule has 9 nitrogen and oxygen atoms in total. The van der Waals surface area contributed by atoms with Gasteiger partial charge in [-0.1, -0.05) is 121 Å². The smallest absolute Gasteiger partial charge is 0.220 e. The Morgan fingerprint density at radius 3 is 1.78 bits per heavy atom. The standard InChI is InChI=1S/C37H67NO8/c1-3-5-6-7-8-9-10-11-12-13-14-15-16-17-18-19-20-21-22-23-24-25-27-31(40)30(38-33(41)26-4-2)29-45-37-36(44)35(43)34(42)32(28-39)46-37/h17-18,21-22,25,27,30-32,34-37,39-40,42-44H,3-16,19-20,23-24,26,28-29H2,1-2H3,(H,38,41)/b18-17+,22-21+,27-25+. The highest BCUT2D eigenvalue weighted by Crippen LogP contribution is 2.22. The first-order valence-corrected chi connectivity index (χ1v) is 18.2. The van der Waals surface area contributed by atoms with Crippen LogP contribution in [0.15, 0.2) is 36.5 Å². The lowest BCUT2D eigenvalue weighted by Crippen LogP contribution is -2.60. The van der Waals surface area contributed by atoms with Gasteiger partial charge in [-0.3, -0.25) is 4.79 Å². The van der Waals surface area contributed by atoms with Gasteiger partial charge in [-0.2, -0.15) is 0 Å². The van der Waals surface area contributed by atoms with E-state index in [-0.39, 0.29) is 18.9 Å². The number of carbonyl (C=O) groups excluding carboxylic acids is 1. The minimum atomic E-state index is -1.57. The molecule has 7 unspecified atom stereocenters. The number of ether oxygens (including phenoxy) is 2. The Bertz CT molecular complexity index is 817. The second-order valence-corrected chi connectivity index (χ2v) is 12.6. The van der Waals surface area contributed by atoms with E-state index in [1.807, 2.05) is 13.0 Å². The number of rotatable bonds is 28. The maximum Gasteiger partial charge on any atom is 0.220 e. The van der Waals surface area contributed by atoms with Crippen LogP contribution in [0, 0.1) is 0 Å². The summed E-state index contributed by atoms with van der Waals surface area (Å²) >= 11 is 0. The Balaban J connectivity index is 2.23. The molecule has 1 aliphatic rings. The van der Waals surface area contributed by atoms with E-state index in [4.69, 9.17) is 9.47 Å². The van der Waals surface area contributed by atoms with Gasteiger partial charge in [0.15, 0.2) is 6.29 Å². The Hall–Kier alpha value is -1.59. The van der Waals surface area contributed by atoms with Gasteiger partial charge in [-0.25, -0.2) is 0 Å². The fourth-order valence-electron chi connectivity index (χ4n) is 5.46. The Kier molecular flexibility index (Phi) is 26.2. The van der Waals surface area contributed by atoms with Gasteiger partial charge >= 0.3 is 0 Å². The summed E-state index contributed by atoms with van der Waals surface area (Å²) in [7, 11) is 0. The van der Waals surface area contributed by atoms with Crippen LogP contribution in [0.25, 0.3) is 0 Å². The second kappa shape index (κ2) is 28.4. The summed E-state index contributed by atoms with van der Waals surface area (Å²) < 4.78 is 10.9. The summed E-state index contributed by atoms with van der Waals surface area (Å²) in [5.74, 6) is -0.247. The van der Waals surface area contributed by atoms with E-state index in [1.54, 1.807) is 6.08 Å². The van der Waals surface area contributed by atoms with Crippen molar-refractivity contribution in [3.05, 3.63) is 36.5 Å². The zero-order chi connectivity index (χ0) is 33.8. The predicted octanol–water partition coefficient (Wildman–Crippen LogP) is 5.77. The van der Waals surface area contributed by atoms with E-state index in [9.17, 15) is 30.3 Å². The summed E-state index contributed by atoms with van der Waals surface area (Å²) in [6.07, 6.45) is 26.5. The van der Waals surface area contributed by atoms with Gasteiger partial charge in [-0.05, 0) is 44.9 Å². The molecule has 0 aromatic carbocycles. The molecule has 7 atom stereocenters. The molecule has 1 rings (SSSR count). The molecule has 0 aliphatic carbocycles. The molecule has 6 N–H and O–H groups in total. The topological polar surface area (TPSA) is 149 Å². The van der Waals surface area contributed by atoms with Crippen molar-refractivity contribution in [2.45, 2.75) is 179 Å². The lowest BCUT2D eigenvalue weighted by Gasteiger charge is -2.40. The van der Waals surface area contributed by atoms with E-state index in [0.717, 1.165) is 25.7 Å². The molecule has 268 valence electrons. The molecular formula is C37H67NO8. The van der Waals surface area contributed by atoms with Gasteiger partial charge in [0, 0.05) is 6.42 Å². The highest BCUT2D eigenvalue weighted by Gasteiger charge is 2.44. The van der Waals surface area contributed by atoms with Gasteiger partial charge in [-0.15, -0.1) is 0 Å². The molecule has 0 aromatic heterocycles. The SMILES string of the molecule is CCCCCCCCCCCCCC/C=C/CC/C=C/CC/C=C/C(O)C(COC1OC(CO)C(O)C(O)C1O)NC(=O)CCC. The average molecular weight is 654 g/mol. The van der Waals surface area contributed by atoms with Crippen LogP contribution in [-0.2, 0) is 14.3 Å². The maximum atomic E-state index is 12.2. The van der Waals surface area contributed by atoms with Crippen molar-refractivity contribution >= 4 is 5.91 Å². The number of aliphatic hydroxyl groups is 5. The molecule has 46 heavy (non-hydrogen) atoms. The van der Waals surface area contributed by atoms with Gasteiger partial charge in [0.25, 0.3) is 0 Å². The van der Waals surface area contributed by atoms with E-state index in [2.05, 4.69) is 36.5 Å². The van der Waals surface area contributed by atoms with E-state index >= 15 is 0 Å². The third-order valence-corrected chi connectivity index (χ3v) is 8.42. The van der Waals surface area contributed by atoms with Gasteiger partial charge < -0.3 is 40.3 Å². The van der Waals surface area contributed by atoms with Crippen LogP contribution in [0.4, 0.5) is 0 Å². The molecule has 0 bridgehead atoms. The summed E-state index contributed by atoms with van der Waals surface area (Å²) in [5.41, 5.74) is 0. The minimum Gasteiger partial charge on any atom is -0.394 e. The van der Waals surface area contributed by atoms with Crippen molar-refractivity contribution in [3.8, 4) is 0 Å². The quantitative estimate of drug-likeness (QED) is 0.0461. The second-order valence-electron chi connectivity index (χ2n) is 12.6. The van der Waals surface area contributed by atoms with Crippen LogP contribution in [0.3, 0.4) is 0 Å². The molecule has 1 amide bonds. The van der Waals surface area contributed by atoms with Crippen molar-refractivity contribution in [1.29, 1.82) is 0 Å². The Morgan fingerprint density at radius 1 is 0.717 bits per heavy atom. The van der Waals surface area contributed by atoms with Crippen LogP contribution in [0.1, 0.15) is 136 Å². The Morgan fingerprint density at radius 2 is 1.24 bits per heavy atom. The molecule has 9 heteroatoms. The van der Waals surface area contributed by atoms with Crippen molar-refractivity contribution in [1.82, 2.24) is 5.32 Å². The minimum absolute atomic E-state index is 0.212. The number of unbranched alkanes of at least 4 members (excludes halogenated alkanes) is 14. The molecule has 0 saturated carbocycles. The maximum absolute atomic E-state index is 12.2. The van der Waals surface area contributed by atoms with Crippen LogP contribution < -0.4 is 5.32 Å². The number of carbonyl (C=O) groups is 1. The lowest BCUT2D eigenvalue weighted by molar-refractivity contribution is -0.302. The lowest BCUT2D eigenvalue weighted by atomic mass is 9.99. The number of allylic oxidation sites excluding steroid dienone is 5. The van der Waals surface area contributed by atoms with Crippen molar-refractivity contribution in [2.24, 2.45) is 0 Å². The molecule has 1 aliphatic heterocycles. The van der Waals surface area contributed by atoms with Crippen molar-refractivity contribution in [2.75, 3.05) is 13.2 Å². The third-order valence-electron chi connectivity index (χ3n) is 8.42. The van der Waals surface area contributed by atoms with Crippen LogP contribution in [0.2, 0.25) is 0 Å². The fourth-order valence-corrected chi connectivity index (χ4v) is 5.46. The zero-order valence-electron chi connectivity index (χ0n) is 28.8. The number of hydrogen-bond acceptors (Lipinski definition) is 8. The molecular weight excluding hydrogens is 586 g/mol. The summed E-state index contributed by atoms with van der Waals surface area (Å²) in [6.45, 7) is 3.36. The van der Waals surface area contributed by atoms with Gasteiger partial charge in [0.2, 0.25) is 5.91 Å². The Labute approximate surface area is 279 Å². The fraction of sp³-hybridized carbons (Fsp3) is 0.811.